The van der Waals surface area contributed by atoms with Crippen molar-refractivity contribution in [2.45, 2.75) is 32.7 Å². The number of amides is 1. The van der Waals surface area contributed by atoms with Crippen molar-refractivity contribution in [3.05, 3.63) is 0 Å². The number of carbonyl (C=O) groups excluding carboxylic acids is 1. The van der Waals surface area contributed by atoms with E-state index in [1.165, 1.54) is 12.8 Å². The summed E-state index contributed by atoms with van der Waals surface area (Å²) in [6.45, 7) is 4.48. The minimum absolute atomic E-state index is 0. The molecule has 7 heteroatoms. The monoisotopic (exact) mass is 298 g/mol. The second kappa shape index (κ2) is 7.96. The van der Waals surface area contributed by atoms with E-state index < -0.39 is 9.84 Å². The lowest BCUT2D eigenvalue weighted by Crippen LogP contribution is -2.42. The summed E-state index contributed by atoms with van der Waals surface area (Å²) in [5.41, 5.74) is 0. The predicted octanol–water partition coefficient (Wildman–Crippen LogP) is 0.347. The molecule has 1 saturated carbocycles. The Labute approximate surface area is 115 Å². The van der Waals surface area contributed by atoms with Gasteiger partial charge in [0.2, 0.25) is 5.91 Å². The van der Waals surface area contributed by atoms with Gasteiger partial charge in [-0.05, 0) is 32.2 Å². The van der Waals surface area contributed by atoms with E-state index in [-0.39, 0.29) is 42.4 Å². The molecule has 1 amide bonds. The first-order chi connectivity index (χ1) is 7.93. The molecule has 1 rings (SSSR count). The zero-order valence-corrected chi connectivity index (χ0v) is 12.6. The number of halogens is 1. The van der Waals surface area contributed by atoms with Gasteiger partial charge >= 0.3 is 0 Å². The topological polar surface area (TPSA) is 75.3 Å². The molecule has 0 saturated heterocycles. The van der Waals surface area contributed by atoms with Crippen molar-refractivity contribution in [3.63, 3.8) is 0 Å². The number of nitrogens with one attached hydrogen (secondary N) is 2. The molecular weight excluding hydrogens is 276 g/mol. The Morgan fingerprint density at radius 3 is 2.50 bits per heavy atom. The summed E-state index contributed by atoms with van der Waals surface area (Å²) < 4.78 is 22.7. The fourth-order valence-corrected chi connectivity index (χ4v) is 2.66. The highest BCUT2D eigenvalue weighted by Gasteiger charge is 2.21. The Kier molecular flexibility index (Phi) is 7.82. The van der Waals surface area contributed by atoms with Crippen LogP contribution in [-0.2, 0) is 14.6 Å². The highest BCUT2D eigenvalue weighted by molar-refractivity contribution is 7.91. The van der Waals surface area contributed by atoms with Crippen molar-refractivity contribution in [1.82, 2.24) is 10.6 Å². The van der Waals surface area contributed by atoms with Crippen LogP contribution in [0.3, 0.4) is 0 Å². The Morgan fingerprint density at radius 2 is 2.00 bits per heavy atom. The van der Waals surface area contributed by atoms with Gasteiger partial charge in [0.25, 0.3) is 0 Å². The summed E-state index contributed by atoms with van der Waals surface area (Å²) in [6.07, 6.45) is 2.50. The quantitative estimate of drug-likeness (QED) is 0.678. The van der Waals surface area contributed by atoms with Gasteiger partial charge in [0.15, 0.2) is 9.84 Å². The first-order valence-corrected chi connectivity index (χ1v) is 7.95. The lowest BCUT2D eigenvalue weighted by Gasteiger charge is -2.13. The van der Waals surface area contributed by atoms with Crippen molar-refractivity contribution in [1.29, 1.82) is 0 Å². The molecule has 18 heavy (non-hydrogen) atoms. The van der Waals surface area contributed by atoms with Crippen LogP contribution in [0.1, 0.15) is 26.7 Å². The Morgan fingerprint density at radius 1 is 1.39 bits per heavy atom. The van der Waals surface area contributed by atoms with E-state index in [1.807, 2.05) is 0 Å². The van der Waals surface area contributed by atoms with Crippen LogP contribution in [0.5, 0.6) is 0 Å². The maximum absolute atomic E-state index is 11.5. The minimum atomic E-state index is -3.02. The molecule has 0 spiro atoms. The molecule has 1 atom stereocenters. The van der Waals surface area contributed by atoms with Gasteiger partial charge in [0.1, 0.15) is 0 Å². The van der Waals surface area contributed by atoms with Crippen molar-refractivity contribution in [2.24, 2.45) is 5.92 Å². The zero-order valence-electron chi connectivity index (χ0n) is 10.9. The van der Waals surface area contributed by atoms with Crippen LogP contribution < -0.4 is 10.6 Å². The number of sulfone groups is 1. The van der Waals surface area contributed by atoms with Crippen molar-refractivity contribution < 1.29 is 13.2 Å². The third-order valence-electron chi connectivity index (χ3n) is 2.77. The molecule has 0 aromatic rings. The number of hydrogen-bond donors (Lipinski definition) is 2. The maximum atomic E-state index is 11.5. The first-order valence-electron chi connectivity index (χ1n) is 6.13. The molecule has 0 heterocycles. The van der Waals surface area contributed by atoms with E-state index in [1.54, 1.807) is 13.8 Å². The van der Waals surface area contributed by atoms with E-state index >= 15 is 0 Å². The van der Waals surface area contributed by atoms with Gasteiger partial charge in [-0.1, -0.05) is 6.92 Å². The third-order valence-corrected chi connectivity index (χ3v) is 4.65. The SMILES string of the molecule is CCS(=O)(=O)CC(C)NC(=O)CNCC1CC1.Cl. The predicted molar refractivity (Wildman–Crippen MR) is 74.8 cm³/mol. The molecular formula is C11H23ClN2O3S. The van der Waals surface area contributed by atoms with Crippen LogP contribution in [-0.4, -0.2) is 45.0 Å². The minimum Gasteiger partial charge on any atom is -0.352 e. The van der Waals surface area contributed by atoms with Gasteiger partial charge in [-0.25, -0.2) is 8.42 Å². The van der Waals surface area contributed by atoms with Gasteiger partial charge in [0.05, 0.1) is 12.3 Å². The molecule has 0 radical (unpaired) electrons. The van der Waals surface area contributed by atoms with Gasteiger partial charge in [-0.15, -0.1) is 12.4 Å². The van der Waals surface area contributed by atoms with Crippen molar-refractivity contribution in [3.8, 4) is 0 Å². The smallest absolute Gasteiger partial charge is 0.234 e. The highest BCUT2D eigenvalue weighted by Crippen LogP contribution is 2.27. The van der Waals surface area contributed by atoms with Gasteiger partial charge in [-0.3, -0.25) is 4.79 Å². The van der Waals surface area contributed by atoms with Crippen LogP contribution in [0, 0.1) is 5.92 Å². The molecule has 0 aliphatic heterocycles. The van der Waals surface area contributed by atoms with E-state index in [9.17, 15) is 13.2 Å². The summed E-state index contributed by atoms with van der Waals surface area (Å²) >= 11 is 0. The van der Waals surface area contributed by atoms with E-state index in [4.69, 9.17) is 0 Å². The molecule has 1 unspecified atom stereocenters. The zero-order chi connectivity index (χ0) is 12.9. The molecule has 0 bridgehead atoms. The molecule has 0 aromatic carbocycles. The van der Waals surface area contributed by atoms with Crippen LogP contribution in [0.25, 0.3) is 0 Å². The van der Waals surface area contributed by atoms with Gasteiger partial charge in [-0.2, -0.15) is 0 Å². The third kappa shape index (κ3) is 7.89. The Hall–Kier alpha value is -0.330. The Bertz CT molecular complexity index is 355. The summed E-state index contributed by atoms with van der Waals surface area (Å²) in [5.74, 6) is 0.732. The lowest BCUT2D eigenvalue weighted by atomic mass is 10.3. The van der Waals surface area contributed by atoms with Crippen LogP contribution in [0.2, 0.25) is 0 Å². The standard InChI is InChI=1S/C11H22N2O3S.ClH/c1-3-17(15,16)8-9(2)13-11(14)7-12-6-10-4-5-10;/h9-10,12H,3-8H2,1-2H3,(H,13,14);1H. The van der Waals surface area contributed by atoms with Crippen molar-refractivity contribution in [2.75, 3.05) is 24.6 Å². The summed E-state index contributed by atoms with van der Waals surface area (Å²) in [7, 11) is -3.02. The van der Waals surface area contributed by atoms with Crippen molar-refractivity contribution >= 4 is 28.2 Å². The lowest BCUT2D eigenvalue weighted by molar-refractivity contribution is -0.120. The largest absolute Gasteiger partial charge is 0.352 e. The molecule has 2 N–H and O–H groups in total. The summed E-state index contributed by atoms with van der Waals surface area (Å²) in [4.78, 5) is 11.5. The van der Waals surface area contributed by atoms with E-state index in [0.717, 1.165) is 12.5 Å². The molecule has 108 valence electrons. The molecule has 1 aliphatic carbocycles. The summed E-state index contributed by atoms with van der Waals surface area (Å²) in [5, 5.41) is 5.75. The number of rotatable bonds is 8. The average Bonchev–Trinajstić information content (AvgIpc) is 3.00. The first kappa shape index (κ1) is 17.7. The summed E-state index contributed by atoms with van der Waals surface area (Å²) in [6, 6.07) is -0.324. The molecule has 0 aromatic heterocycles. The fraction of sp³-hybridized carbons (Fsp3) is 0.909. The van der Waals surface area contributed by atoms with Crippen LogP contribution >= 0.6 is 12.4 Å². The second-order valence-electron chi connectivity index (χ2n) is 4.74. The fourth-order valence-electron chi connectivity index (χ4n) is 1.58. The van der Waals surface area contributed by atoms with Crippen LogP contribution in [0.4, 0.5) is 0 Å². The van der Waals surface area contributed by atoms with Crippen LogP contribution in [0.15, 0.2) is 0 Å². The average molecular weight is 299 g/mol. The normalized spacial score (nSPS) is 16.8. The van der Waals surface area contributed by atoms with Gasteiger partial charge < -0.3 is 10.6 Å². The maximum Gasteiger partial charge on any atom is 0.234 e. The van der Waals surface area contributed by atoms with E-state index in [2.05, 4.69) is 10.6 Å². The molecule has 1 aliphatic rings. The number of carbonyl (C=O) groups is 1. The molecule has 5 nitrogen and oxygen atoms in total. The molecule has 1 fully saturated rings. The van der Waals surface area contributed by atoms with E-state index in [0.29, 0.717) is 0 Å². The second-order valence-corrected chi connectivity index (χ2v) is 7.14. The Balaban J connectivity index is 0.00000289. The van der Waals surface area contributed by atoms with Gasteiger partial charge in [0, 0.05) is 11.8 Å². The number of hydrogen-bond acceptors (Lipinski definition) is 4. The highest BCUT2D eigenvalue weighted by atomic mass is 35.5.